The van der Waals surface area contributed by atoms with Crippen LogP contribution >= 0.6 is 23.2 Å². The Labute approximate surface area is 132 Å². The topological polar surface area (TPSA) is 52.1 Å². The molecule has 0 saturated carbocycles. The van der Waals surface area contributed by atoms with E-state index in [1.807, 2.05) is 0 Å². The summed E-state index contributed by atoms with van der Waals surface area (Å²) in [6, 6.07) is 1.58. The predicted octanol–water partition coefficient (Wildman–Crippen LogP) is 4.23. The zero-order valence-corrected chi connectivity index (χ0v) is 12.2. The summed E-state index contributed by atoms with van der Waals surface area (Å²) < 4.78 is 44.7. The van der Waals surface area contributed by atoms with E-state index in [1.165, 1.54) is 0 Å². The van der Waals surface area contributed by atoms with Gasteiger partial charge >= 0.3 is 5.97 Å². The molecule has 0 amide bonds. The van der Waals surface area contributed by atoms with E-state index in [0.29, 0.717) is 0 Å². The summed E-state index contributed by atoms with van der Waals surface area (Å²) in [5.74, 6) is -1.98. The fourth-order valence-electron chi connectivity index (χ4n) is 1.72. The van der Waals surface area contributed by atoms with E-state index in [0.717, 1.165) is 24.5 Å². The van der Waals surface area contributed by atoms with Gasteiger partial charge in [-0.05, 0) is 6.07 Å². The van der Waals surface area contributed by atoms with Gasteiger partial charge in [0.1, 0.15) is 0 Å². The lowest BCUT2D eigenvalue weighted by Crippen LogP contribution is -2.08. The van der Waals surface area contributed by atoms with Gasteiger partial charge in [0, 0.05) is 11.1 Å². The molecule has 9 heteroatoms. The molecule has 0 aliphatic rings. The maximum Gasteiger partial charge on any atom is 0.359 e. The molecule has 2 aromatic rings. The standard InChI is InChI=1S/C13H7Cl2F3N2O2/c14-5-22-13(21)9-4-19-3-8(20-9)10-6(12(17)18)1-2-7(15)11(10)16/h1-4,12H,5H2. The van der Waals surface area contributed by atoms with Crippen LogP contribution in [0.1, 0.15) is 22.5 Å². The Kier molecular flexibility index (Phi) is 5.20. The molecule has 0 atom stereocenters. The van der Waals surface area contributed by atoms with E-state index in [4.69, 9.17) is 23.2 Å². The van der Waals surface area contributed by atoms with Crippen molar-refractivity contribution in [3.8, 4) is 11.3 Å². The van der Waals surface area contributed by atoms with Crippen LogP contribution in [0.2, 0.25) is 5.02 Å². The van der Waals surface area contributed by atoms with E-state index in [-0.39, 0.29) is 16.4 Å². The third kappa shape index (κ3) is 3.31. The Morgan fingerprint density at radius 1 is 1.32 bits per heavy atom. The minimum Gasteiger partial charge on any atom is -0.445 e. The SMILES string of the molecule is O=C(OCCl)c1cncc(-c2c(C(F)F)ccc(Cl)c2F)n1. The second kappa shape index (κ2) is 6.93. The van der Waals surface area contributed by atoms with Crippen LogP contribution in [0.4, 0.5) is 13.2 Å². The number of carbonyl (C=O) groups excluding carboxylic acids is 1. The molecule has 0 saturated heterocycles. The van der Waals surface area contributed by atoms with Crippen molar-refractivity contribution in [3.05, 3.63) is 46.6 Å². The van der Waals surface area contributed by atoms with Crippen molar-refractivity contribution in [2.75, 3.05) is 6.07 Å². The van der Waals surface area contributed by atoms with Gasteiger partial charge in [-0.15, -0.1) is 0 Å². The lowest BCUT2D eigenvalue weighted by Gasteiger charge is -2.11. The Bertz CT molecular complexity index is 714. The van der Waals surface area contributed by atoms with Gasteiger partial charge in [-0.25, -0.2) is 22.9 Å². The Balaban J connectivity index is 2.59. The van der Waals surface area contributed by atoms with E-state index in [1.54, 1.807) is 0 Å². The van der Waals surface area contributed by atoms with Gasteiger partial charge in [-0.1, -0.05) is 29.3 Å². The van der Waals surface area contributed by atoms with Crippen molar-refractivity contribution in [1.29, 1.82) is 0 Å². The summed E-state index contributed by atoms with van der Waals surface area (Å²) in [5, 5.41) is -0.352. The van der Waals surface area contributed by atoms with E-state index in [2.05, 4.69) is 14.7 Å². The summed E-state index contributed by atoms with van der Waals surface area (Å²) >= 11 is 10.9. The molecule has 2 rings (SSSR count). The lowest BCUT2D eigenvalue weighted by atomic mass is 10.0. The van der Waals surface area contributed by atoms with Gasteiger partial charge in [0.05, 0.1) is 23.1 Å². The first-order valence-electron chi connectivity index (χ1n) is 5.77. The maximum atomic E-state index is 14.1. The number of benzene rings is 1. The number of alkyl halides is 3. The minimum atomic E-state index is -2.96. The summed E-state index contributed by atoms with van der Waals surface area (Å²) in [7, 11) is 0. The van der Waals surface area contributed by atoms with Gasteiger partial charge < -0.3 is 4.74 Å². The van der Waals surface area contributed by atoms with Crippen LogP contribution in [0.3, 0.4) is 0 Å². The van der Waals surface area contributed by atoms with Gasteiger partial charge in [-0.2, -0.15) is 0 Å². The number of carbonyl (C=O) groups is 1. The number of rotatable bonds is 4. The van der Waals surface area contributed by atoms with Crippen LogP contribution in [0, 0.1) is 5.82 Å². The molecule has 0 N–H and O–H groups in total. The summed E-state index contributed by atoms with van der Waals surface area (Å²) in [4.78, 5) is 19.0. The molecule has 0 fully saturated rings. The molecule has 116 valence electrons. The number of hydrogen-bond donors (Lipinski definition) is 0. The molecular weight excluding hydrogens is 344 g/mol. The molecule has 1 heterocycles. The third-order valence-electron chi connectivity index (χ3n) is 2.65. The van der Waals surface area contributed by atoms with Crippen LogP contribution in [-0.4, -0.2) is 22.0 Å². The van der Waals surface area contributed by atoms with Gasteiger partial charge in [0.2, 0.25) is 0 Å². The van der Waals surface area contributed by atoms with E-state index >= 15 is 0 Å². The first-order valence-corrected chi connectivity index (χ1v) is 6.68. The molecular formula is C13H7Cl2F3N2O2. The smallest absolute Gasteiger partial charge is 0.359 e. The van der Waals surface area contributed by atoms with E-state index < -0.39 is 35.4 Å². The molecule has 1 aromatic heterocycles. The minimum absolute atomic E-state index is 0.265. The van der Waals surface area contributed by atoms with Crippen molar-refractivity contribution >= 4 is 29.2 Å². The number of ether oxygens (including phenoxy) is 1. The molecule has 0 aliphatic heterocycles. The Hall–Kier alpha value is -1.86. The molecule has 0 unspecified atom stereocenters. The van der Waals surface area contributed by atoms with Crippen LogP contribution in [0.25, 0.3) is 11.3 Å². The lowest BCUT2D eigenvalue weighted by molar-refractivity contribution is 0.0567. The average Bonchev–Trinajstić information content (AvgIpc) is 2.50. The van der Waals surface area contributed by atoms with Crippen LogP contribution < -0.4 is 0 Å². The Morgan fingerprint density at radius 3 is 2.68 bits per heavy atom. The van der Waals surface area contributed by atoms with Crippen molar-refractivity contribution in [2.45, 2.75) is 6.43 Å². The number of hydrogen-bond acceptors (Lipinski definition) is 4. The van der Waals surface area contributed by atoms with Crippen molar-refractivity contribution < 1.29 is 22.7 Å². The summed E-state index contributed by atoms with van der Waals surface area (Å²) in [6.45, 7) is 0. The molecule has 0 aliphatic carbocycles. The normalized spacial score (nSPS) is 10.8. The van der Waals surface area contributed by atoms with Crippen molar-refractivity contribution in [1.82, 2.24) is 9.97 Å². The molecule has 22 heavy (non-hydrogen) atoms. The van der Waals surface area contributed by atoms with Crippen LogP contribution in [0.15, 0.2) is 24.5 Å². The van der Waals surface area contributed by atoms with Gasteiger partial charge in [0.25, 0.3) is 6.43 Å². The predicted molar refractivity (Wildman–Crippen MR) is 73.5 cm³/mol. The zero-order valence-electron chi connectivity index (χ0n) is 10.7. The zero-order chi connectivity index (χ0) is 16.3. The summed E-state index contributed by atoms with van der Waals surface area (Å²) in [5.41, 5.74) is -1.69. The molecule has 0 bridgehead atoms. The number of aromatic nitrogens is 2. The van der Waals surface area contributed by atoms with Crippen molar-refractivity contribution in [3.63, 3.8) is 0 Å². The first-order chi connectivity index (χ1) is 10.5. The monoisotopic (exact) mass is 350 g/mol. The van der Waals surface area contributed by atoms with Gasteiger partial charge in [-0.3, -0.25) is 4.98 Å². The summed E-state index contributed by atoms with van der Waals surface area (Å²) in [6.07, 6.45) is -0.872. The first kappa shape index (κ1) is 16.5. The largest absolute Gasteiger partial charge is 0.445 e. The molecule has 4 nitrogen and oxygen atoms in total. The second-order valence-electron chi connectivity index (χ2n) is 3.96. The molecule has 0 spiro atoms. The quantitative estimate of drug-likeness (QED) is 0.611. The fourth-order valence-corrected chi connectivity index (χ4v) is 1.97. The number of esters is 1. The van der Waals surface area contributed by atoms with Gasteiger partial charge in [0.15, 0.2) is 17.6 Å². The highest BCUT2D eigenvalue weighted by Gasteiger charge is 2.22. The number of nitrogens with zero attached hydrogens (tertiary/aromatic N) is 2. The highest BCUT2D eigenvalue weighted by Crippen LogP contribution is 2.35. The van der Waals surface area contributed by atoms with E-state index in [9.17, 15) is 18.0 Å². The van der Waals surface area contributed by atoms with Crippen molar-refractivity contribution in [2.24, 2.45) is 0 Å². The highest BCUT2D eigenvalue weighted by molar-refractivity contribution is 6.31. The number of halogens is 5. The second-order valence-corrected chi connectivity index (χ2v) is 4.58. The molecule has 1 aromatic carbocycles. The Morgan fingerprint density at radius 2 is 2.05 bits per heavy atom. The molecule has 0 radical (unpaired) electrons. The van der Waals surface area contributed by atoms with Crippen LogP contribution in [0.5, 0.6) is 0 Å². The van der Waals surface area contributed by atoms with Crippen LogP contribution in [-0.2, 0) is 4.74 Å². The fraction of sp³-hybridized carbons (Fsp3) is 0.154. The maximum absolute atomic E-state index is 14.1. The third-order valence-corrected chi connectivity index (χ3v) is 3.05. The average molecular weight is 351 g/mol. The highest BCUT2D eigenvalue weighted by atomic mass is 35.5.